The number of hydrogen-bond donors (Lipinski definition) is 0. The molecule has 1 saturated heterocycles. The van der Waals surface area contributed by atoms with Gasteiger partial charge in [-0.1, -0.05) is 5.21 Å². The van der Waals surface area contributed by atoms with Crippen LogP contribution in [-0.2, 0) is 14.6 Å². The Labute approximate surface area is 159 Å². The lowest BCUT2D eigenvalue weighted by Crippen LogP contribution is -2.52. The molecule has 1 aliphatic rings. The average molecular weight is 392 g/mol. The average Bonchev–Trinajstić information content (AvgIpc) is 3.03. The van der Waals surface area contributed by atoms with Crippen molar-refractivity contribution in [2.75, 3.05) is 25.4 Å². The number of carbonyl (C=O) groups excluding carboxylic acids is 1. The smallest absolute Gasteiger partial charge is 0.237 e. The normalized spacial score (nSPS) is 15.0. The summed E-state index contributed by atoms with van der Waals surface area (Å²) in [5.74, 6) is 0.0107. The maximum atomic E-state index is 12.1. The Kier molecular flexibility index (Phi) is 5.50. The number of amides is 1. The number of nitrogens with zero attached hydrogens (tertiary/aromatic N) is 4. The number of likely N-dealkylation sites (tertiary alicyclic amines) is 1. The molecule has 2 aromatic rings. The topological polar surface area (TPSA) is 94.4 Å². The van der Waals surface area contributed by atoms with Crippen LogP contribution in [0.1, 0.15) is 26.8 Å². The number of sulfone groups is 1. The van der Waals surface area contributed by atoms with Gasteiger partial charge >= 0.3 is 0 Å². The first-order valence-corrected chi connectivity index (χ1v) is 10.7. The third kappa shape index (κ3) is 4.29. The molecular weight excluding hydrogens is 368 g/mol. The standard InChI is InChI=1S/C18H24N4O4S/c1-4-26-16-7-5-14(6-8-16)17-11-22(20-19-17)15-9-21(10-15)18(23)12-27(24,25)13(2)3/h5-8,11,13,15H,4,9-10,12H2,1-3H3. The number of benzene rings is 1. The molecule has 8 nitrogen and oxygen atoms in total. The van der Waals surface area contributed by atoms with Crippen molar-refractivity contribution in [3.63, 3.8) is 0 Å². The third-order valence-electron chi connectivity index (χ3n) is 4.60. The van der Waals surface area contributed by atoms with E-state index < -0.39 is 20.8 Å². The van der Waals surface area contributed by atoms with Crippen LogP contribution in [0.5, 0.6) is 5.75 Å². The van der Waals surface area contributed by atoms with Gasteiger partial charge in [-0.2, -0.15) is 0 Å². The fourth-order valence-electron chi connectivity index (χ4n) is 2.73. The quantitative estimate of drug-likeness (QED) is 0.710. The highest BCUT2D eigenvalue weighted by molar-refractivity contribution is 7.92. The number of hydrogen-bond acceptors (Lipinski definition) is 6. The minimum atomic E-state index is -3.38. The van der Waals surface area contributed by atoms with E-state index >= 15 is 0 Å². The van der Waals surface area contributed by atoms with Crippen LogP contribution in [0.4, 0.5) is 0 Å². The lowest BCUT2D eigenvalue weighted by Gasteiger charge is -2.38. The Morgan fingerprint density at radius 1 is 1.26 bits per heavy atom. The van der Waals surface area contributed by atoms with Gasteiger partial charge in [-0.3, -0.25) is 4.79 Å². The molecule has 0 N–H and O–H groups in total. The van der Waals surface area contributed by atoms with E-state index in [0.717, 1.165) is 17.0 Å². The summed E-state index contributed by atoms with van der Waals surface area (Å²) < 4.78 is 30.9. The zero-order valence-corrected chi connectivity index (χ0v) is 16.5. The van der Waals surface area contributed by atoms with E-state index in [1.165, 1.54) is 0 Å². The van der Waals surface area contributed by atoms with Crippen molar-refractivity contribution >= 4 is 15.7 Å². The van der Waals surface area contributed by atoms with Crippen LogP contribution >= 0.6 is 0 Å². The number of carbonyl (C=O) groups is 1. The molecule has 1 aromatic heterocycles. The summed E-state index contributed by atoms with van der Waals surface area (Å²) in [7, 11) is -3.38. The largest absolute Gasteiger partial charge is 0.494 e. The van der Waals surface area contributed by atoms with Gasteiger partial charge in [0.15, 0.2) is 9.84 Å². The minimum absolute atomic E-state index is 0.0136. The first kappa shape index (κ1) is 19.3. The molecule has 146 valence electrons. The Bertz CT molecular complexity index is 900. The highest BCUT2D eigenvalue weighted by Crippen LogP contribution is 2.25. The molecular formula is C18H24N4O4S. The van der Waals surface area contributed by atoms with Crippen molar-refractivity contribution in [1.82, 2.24) is 19.9 Å². The van der Waals surface area contributed by atoms with Gasteiger partial charge in [0.25, 0.3) is 0 Å². The Morgan fingerprint density at radius 3 is 2.52 bits per heavy atom. The van der Waals surface area contributed by atoms with Gasteiger partial charge in [0.2, 0.25) is 5.91 Å². The Balaban J connectivity index is 1.58. The van der Waals surface area contributed by atoms with Crippen molar-refractivity contribution in [2.45, 2.75) is 32.1 Å². The van der Waals surface area contributed by atoms with Gasteiger partial charge in [0, 0.05) is 18.7 Å². The summed E-state index contributed by atoms with van der Waals surface area (Å²) in [4.78, 5) is 13.7. The molecule has 0 spiro atoms. The molecule has 0 saturated carbocycles. The summed E-state index contributed by atoms with van der Waals surface area (Å²) in [5, 5.41) is 7.79. The highest BCUT2D eigenvalue weighted by atomic mass is 32.2. The van der Waals surface area contributed by atoms with E-state index in [2.05, 4.69) is 10.3 Å². The molecule has 27 heavy (non-hydrogen) atoms. The molecule has 2 heterocycles. The second-order valence-corrected chi connectivity index (χ2v) is 9.41. The van der Waals surface area contributed by atoms with Crippen LogP contribution in [0.3, 0.4) is 0 Å². The van der Waals surface area contributed by atoms with Gasteiger partial charge < -0.3 is 9.64 Å². The van der Waals surface area contributed by atoms with Crippen LogP contribution < -0.4 is 4.74 Å². The molecule has 1 aromatic carbocycles. The van der Waals surface area contributed by atoms with Crippen LogP contribution in [0.2, 0.25) is 0 Å². The van der Waals surface area contributed by atoms with Crippen molar-refractivity contribution in [1.29, 1.82) is 0 Å². The molecule has 1 aliphatic heterocycles. The van der Waals surface area contributed by atoms with Crippen LogP contribution in [0.25, 0.3) is 11.3 Å². The molecule has 0 atom stereocenters. The molecule has 0 bridgehead atoms. The van der Waals surface area contributed by atoms with Crippen molar-refractivity contribution in [3.8, 4) is 17.0 Å². The fraction of sp³-hybridized carbons (Fsp3) is 0.500. The molecule has 0 aliphatic carbocycles. The third-order valence-corrected chi connectivity index (χ3v) is 6.69. The van der Waals surface area contributed by atoms with Gasteiger partial charge in [-0.05, 0) is 45.0 Å². The zero-order chi connectivity index (χ0) is 19.6. The van der Waals surface area contributed by atoms with Gasteiger partial charge in [-0.15, -0.1) is 5.10 Å². The summed E-state index contributed by atoms with van der Waals surface area (Å²) in [6.07, 6.45) is 1.84. The van der Waals surface area contributed by atoms with Crippen LogP contribution in [-0.4, -0.2) is 64.9 Å². The zero-order valence-electron chi connectivity index (χ0n) is 15.7. The Hall–Kier alpha value is -2.42. The number of aromatic nitrogens is 3. The Morgan fingerprint density at radius 2 is 1.93 bits per heavy atom. The van der Waals surface area contributed by atoms with Crippen molar-refractivity contribution in [2.24, 2.45) is 0 Å². The van der Waals surface area contributed by atoms with Crippen LogP contribution in [0.15, 0.2) is 30.5 Å². The van der Waals surface area contributed by atoms with Gasteiger partial charge in [0.1, 0.15) is 17.2 Å². The lowest BCUT2D eigenvalue weighted by atomic mass is 10.1. The second kappa shape index (κ2) is 7.67. The molecule has 9 heteroatoms. The fourth-order valence-corrected chi connectivity index (χ4v) is 3.59. The van der Waals surface area contributed by atoms with E-state index in [-0.39, 0.29) is 11.9 Å². The second-order valence-electron chi connectivity index (χ2n) is 6.85. The monoisotopic (exact) mass is 392 g/mol. The first-order valence-electron chi connectivity index (χ1n) is 8.94. The predicted octanol–water partition coefficient (Wildman–Crippen LogP) is 1.55. The van der Waals surface area contributed by atoms with Crippen molar-refractivity contribution in [3.05, 3.63) is 30.5 Å². The molecule has 0 unspecified atom stereocenters. The number of ether oxygens (including phenoxy) is 1. The predicted molar refractivity (Wildman–Crippen MR) is 101 cm³/mol. The van der Waals surface area contributed by atoms with Crippen LogP contribution in [0, 0.1) is 0 Å². The minimum Gasteiger partial charge on any atom is -0.494 e. The summed E-state index contributed by atoms with van der Waals surface area (Å²) in [6, 6.07) is 7.63. The molecule has 1 amide bonds. The first-order chi connectivity index (χ1) is 12.8. The molecule has 1 fully saturated rings. The highest BCUT2D eigenvalue weighted by Gasteiger charge is 2.35. The van der Waals surface area contributed by atoms with E-state index in [4.69, 9.17) is 4.74 Å². The summed E-state index contributed by atoms with van der Waals surface area (Å²) in [6.45, 7) is 6.60. The number of rotatable bonds is 7. The van der Waals surface area contributed by atoms with E-state index in [0.29, 0.717) is 19.7 Å². The van der Waals surface area contributed by atoms with Gasteiger partial charge in [0.05, 0.1) is 24.1 Å². The van der Waals surface area contributed by atoms with E-state index in [1.807, 2.05) is 37.4 Å². The summed E-state index contributed by atoms with van der Waals surface area (Å²) in [5.41, 5.74) is 1.67. The molecule has 0 radical (unpaired) electrons. The maximum Gasteiger partial charge on any atom is 0.237 e. The van der Waals surface area contributed by atoms with E-state index in [9.17, 15) is 13.2 Å². The summed E-state index contributed by atoms with van der Waals surface area (Å²) >= 11 is 0. The maximum absolute atomic E-state index is 12.1. The van der Waals surface area contributed by atoms with E-state index in [1.54, 1.807) is 23.4 Å². The van der Waals surface area contributed by atoms with Gasteiger partial charge in [-0.25, -0.2) is 13.1 Å². The van der Waals surface area contributed by atoms with Crippen molar-refractivity contribution < 1.29 is 17.9 Å². The molecule has 3 rings (SSSR count). The SMILES string of the molecule is CCOc1ccc(-c2cn(C3CN(C(=O)CS(=O)(=O)C(C)C)C3)nn2)cc1. The lowest BCUT2D eigenvalue weighted by molar-refractivity contribution is -0.134.